The predicted molar refractivity (Wildman–Crippen MR) is 67.6 cm³/mol. The molecule has 0 saturated heterocycles. The lowest BCUT2D eigenvalue weighted by molar-refractivity contribution is -0.115. The summed E-state index contributed by atoms with van der Waals surface area (Å²) >= 11 is 2.30. The number of carbonyl (C=O) groups excluding carboxylic acids is 1. The average Bonchev–Trinajstić information content (AvgIpc) is 2.14. The van der Waals surface area contributed by atoms with Crippen LogP contribution in [0.3, 0.4) is 0 Å². The molecule has 76 valence electrons. The van der Waals surface area contributed by atoms with Gasteiger partial charge in [-0.25, -0.2) is 0 Å². The van der Waals surface area contributed by atoms with E-state index in [2.05, 4.69) is 34.0 Å². The van der Waals surface area contributed by atoms with Crippen LogP contribution in [0.1, 0.15) is 24.5 Å². The lowest BCUT2D eigenvalue weighted by Crippen LogP contribution is -2.10. The van der Waals surface area contributed by atoms with E-state index in [0.717, 1.165) is 11.3 Å². The van der Waals surface area contributed by atoms with E-state index in [0.29, 0.717) is 6.42 Å². The smallest absolute Gasteiger partial charge is 0.224 e. The summed E-state index contributed by atoms with van der Waals surface area (Å²) in [5.74, 6) is 0.0636. The van der Waals surface area contributed by atoms with E-state index in [1.54, 1.807) is 0 Å². The monoisotopic (exact) mass is 303 g/mol. The fourth-order valence-corrected chi connectivity index (χ4v) is 1.78. The number of amides is 1. The zero-order chi connectivity index (χ0) is 10.7. The van der Waals surface area contributed by atoms with Crippen LogP contribution < -0.4 is 5.32 Å². The van der Waals surface area contributed by atoms with Gasteiger partial charge in [0.25, 0.3) is 0 Å². The third-order valence-corrected chi connectivity index (χ3v) is 3.26. The molecule has 0 bridgehead atoms. The average molecular weight is 303 g/mol. The van der Waals surface area contributed by atoms with Gasteiger partial charge >= 0.3 is 0 Å². The topological polar surface area (TPSA) is 29.1 Å². The molecule has 0 radical (unpaired) electrons. The molecule has 1 aromatic carbocycles. The minimum absolute atomic E-state index is 0.0636. The van der Waals surface area contributed by atoms with E-state index >= 15 is 0 Å². The summed E-state index contributed by atoms with van der Waals surface area (Å²) in [7, 11) is 0. The van der Waals surface area contributed by atoms with Crippen molar-refractivity contribution in [2.24, 2.45) is 0 Å². The van der Waals surface area contributed by atoms with Gasteiger partial charge in [0.05, 0.1) is 0 Å². The highest BCUT2D eigenvalue weighted by molar-refractivity contribution is 14.1. The van der Waals surface area contributed by atoms with Crippen LogP contribution in [0, 0.1) is 17.4 Å². The molecule has 0 heterocycles. The molecule has 0 spiro atoms. The van der Waals surface area contributed by atoms with E-state index in [1.807, 2.05) is 26.8 Å². The van der Waals surface area contributed by atoms with Gasteiger partial charge in [-0.1, -0.05) is 6.92 Å². The first-order valence-corrected chi connectivity index (χ1v) is 5.69. The van der Waals surface area contributed by atoms with Crippen LogP contribution in [-0.4, -0.2) is 5.91 Å². The number of hydrogen-bond donors (Lipinski definition) is 1. The van der Waals surface area contributed by atoms with Crippen LogP contribution in [0.4, 0.5) is 5.69 Å². The highest BCUT2D eigenvalue weighted by Gasteiger charge is 2.04. The number of rotatable bonds is 2. The van der Waals surface area contributed by atoms with Gasteiger partial charge in [0.15, 0.2) is 0 Å². The van der Waals surface area contributed by atoms with Crippen molar-refractivity contribution in [3.05, 3.63) is 26.8 Å². The first-order chi connectivity index (χ1) is 6.54. The van der Waals surface area contributed by atoms with Crippen molar-refractivity contribution < 1.29 is 4.79 Å². The molecule has 2 nitrogen and oxygen atoms in total. The molecular weight excluding hydrogens is 289 g/mol. The van der Waals surface area contributed by atoms with E-state index in [4.69, 9.17) is 0 Å². The second-order valence-electron chi connectivity index (χ2n) is 3.32. The summed E-state index contributed by atoms with van der Waals surface area (Å²) < 4.78 is 1.23. The first-order valence-electron chi connectivity index (χ1n) is 4.61. The van der Waals surface area contributed by atoms with E-state index < -0.39 is 0 Å². The van der Waals surface area contributed by atoms with E-state index in [9.17, 15) is 4.79 Å². The van der Waals surface area contributed by atoms with Crippen molar-refractivity contribution in [2.75, 3.05) is 5.32 Å². The van der Waals surface area contributed by atoms with Gasteiger partial charge in [0, 0.05) is 15.7 Å². The molecule has 0 atom stereocenters. The van der Waals surface area contributed by atoms with Gasteiger partial charge in [-0.15, -0.1) is 0 Å². The van der Waals surface area contributed by atoms with Gasteiger partial charge in [-0.05, 0) is 59.7 Å². The van der Waals surface area contributed by atoms with Crippen molar-refractivity contribution >= 4 is 34.2 Å². The summed E-state index contributed by atoms with van der Waals surface area (Å²) in [6, 6.07) is 4.10. The molecule has 1 aromatic rings. The molecule has 1 N–H and O–H groups in total. The number of carbonyl (C=O) groups is 1. The van der Waals surface area contributed by atoms with Crippen LogP contribution in [0.15, 0.2) is 12.1 Å². The summed E-state index contributed by atoms with van der Waals surface area (Å²) in [5.41, 5.74) is 3.24. The Morgan fingerprint density at radius 1 is 1.36 bits per heavy atom. The van der Waals surface area contributed by atoms with Crippen LogP contribution in [0.2, 0.25) is 0 Å². The van der Waals surface area contributed by atoms with Crippen LogP contribution in [-0.2, 0) is 4.79 Å². The standard InChI is InChI=1S/C11H14INO/c1-4-11(14)13-10-6-7(2)9(12)5-8(10)3/h5-6H,4H2,1-3H3,(H,13,14). The second-order valence-corrected chi connectivity index (χ2v) is 4.48. The highest BCUT2D eigenvalue weighted by atomic mass is 127. The Labute approximate surface area is 98.2 Å². The molecule has 0 aromatic heterocycles. The van der Waals surface area contributed by atoms with Gasteiger partial charge in [0.1, 0.15) is 0 Å². The molecule has 1 amide bonds. The van der Waals surface area contributed by atoms with E-state index in [-0.39, 0.29) is 5.91 Å². The Kier molecular flexibility index (Phi) is 3.92. The molecule has 0 aliphatic rings. The maximum absolute atomic E-state index is 11.2. The minimum atomic E-state index is 0.0636. The van der Waals surface area contributed by atoms with Gasteiger partial charge in [-0.2, -0.15) is 0 Å². The third kappa shape index (κ3) is 2.70. The zero-order valence-electron chi connectivity index (χ0n) is 8.65. The maximum atomic E-state index is 11.2. The lowest BCUT2D eigenvalue weighted by atomic mass is 10.1. The summed E-state index contributed by atoms with van der Waals surface area (Å²) in [5, 5.41) is 2.89. The summed E-state index contributed by atoms with van der Waals surface area (Å²) in [6.07, 6.45) is 0.518. The number of halogens is 1. The van der Waals surface area contributed by atoms with E-state index in [1.165, 1.54) is 9.13 Å². The molecule has 0 fully saturated rings. The third-order valence-electron chi connectivity index (χ3n) is 2.10. The number of nitrogens with one attached hydrogen (secondary N) is 1. The first kappa shape index (κ1) is 11.5. The number of benzene rings is 1. The van der Waals surface area contributed by atoms with Gasteiger partial charge in [0.2, 0.25) is 5.91 Å². The molecular formula is C11H14INO. The fraction of sp³-hybridized carbons (Fsp3) is 0.364. The van der Waals surface area contributed by atoms with Crippen LogP contribution in [0.5, 0.6) is 0 Å². The van der Waals surface area contributed by atoms with Crippen molar-refractivity contribution in [1.82, 2.24) is 0 Å². The number of aryl methyl sites for hydroxylation is 2. The molecule has 0 aliphatic heterocycles. The Morgan fingerprint density at radius 3 is 2.57 bits per heavy atom. The normalized spacial score (nSPS) is 10.0. The maximum Gasteiger partial charge on any atom is 0.224 e. The molecule has 1 rings (SSSR count). The molecule has 0 unspecified atom stereocenters. The second kappa shape index (κ2) is 4.77. The van der Waals surface area contributed by atoms with Gasteiger partial charge < -0.3 is 5.32 Å². The fourth-order valence-electron chi connectivity index (χ4n) is 1.15. The van der Waals surface area contributed by atoms with Crippen LogP contribution >= 0.6 is 22.6 Å². The molecule has 3 heteroatoms. The highest BCUT2D eigenvalue weighted by Crippen LogP contribution is 2.21. The van der Waals surface area contributed by atoms with Crippen molar-refractivity contribution in [2.45, 2.75) is 27.2 Å². The van der Waals surface area contributed by atoms with Gasteiger partial charge in [-0.3, -0.25) is 4.79 Å². The summed E-state index contributed by atoms with van der Waals surface area (Å²) in [6.45, 7) is 5.90. The quantitative estimate of drug-likeness (QED) is 0.835. The largest absolute Gasteiger partial charge is 0.326 e. The zero-order valence-corrected chi connectivity index (χ0v) is 10.8. The predicted octanol–water partition coefficient (Wildman–Crippen LogP) is 3.26. The molecule has 14 heavy (non-hydrogen) atoms. The molecule has 0 aliphatic carbocycles. The van der Waals surface area contributed by atoms with Crippen LogP contribution in [0.25, 0.3) is 0 Å². The number of hydrogen-bond acceptors (Lipinski definition) is 1. The Morgan fingerprint density at radius 2 is 2.00 bits per heavy atom. The lowest BCUT2D eigenvalue weighted by Gasteiger charge is -2.09. The van der Waals surface area contributed by atoms with Crippen molar-refractivity contribution in [1.29, 1.82) is 0 Å². The van der Waals surface area contributed by atoms with Crippen molar-refractivity contribution in [3.63, 3.8) is 0 Å². The minimum Gasteiger partial charge on any atom is -0.326 e. The number of anilines is 1. The SMILES string of the molecule is CCC(=O)Nc1cc(C)c(I)cc1C. The van der Waals surface area contributed by atoms with Crippen molar-refractivity contribution in [3.8, 4) is 0 Å². The molecule has 0 saturated carbocycles. The summed E-state index contributed by atoms with van der Waals surface area (Å²) in [4.78, 5) is 11.2. The Hall–Kier alpha value is -0.580. The Balaban J connectivity index is 2.98. The Bertz CT molecular complexity index is 361.